The predicted molar refractivity (Wildman–Crippen MR) is 70.5 cm³/mol. The van der Waals surface area contributed by atoms with E-state index < -0.39 is 25.3 Å². The molecule has 1 amide bonds. The summed E-state index contributed by atoms with van der Waals surface area (Å²) in [7, 11) is -3.47. The number of carboxylic acids is 1. The van der Waals surface area contributed by atoms with Crippen molar-refractivity contribution in [1.29, 1.82) is 0 Å². The van der Waals surface area contributed by atoms with Gasteiger partial charge in [0.15, 0.2) is 0 Å². The Morgan fingerprint density at radius 2 is 2.16 bits per heavy atom. The van der Waals surface area contributed by atoms with Crippen molar-refractivity contribution >= 4 is 19.4 Å². The van der Waals surface area contributed by atoms with E-state index in [0.29, 0.717) is 0 Å². The van der Waals surface area contributed by atoms with Gasteiger partial charge < -0.3 is 20.1 Å². The third-order valence-electron chi connectivity index (χ3n) is 2.27. The SMILES string of the molecule is C=CCOC(=O)NCCCP(=O)(O)CC(C)C(=O)O. The van der Waals surface area contributed by atoms with Gasteiger partial charge in [-0.05, 0) is 6.42 Å². The van der Waals surface area contributed by atoms with Crippen LogP contribution in [0.15, 0.2) is 12.7 Å². The fraction of sp³-hybridized carbons (Fsp3) is 0.636. The van der Waals surface area contributed by atoms with Gasteiger partial charge in [-0.15, -0.1) is 0 Å². The lowest BCUT2D eigenvalue weighted by atomic mass is 10.2. The molecule has 0 aliphatic carbocycles. The van der Waals surface area contributed by atoms with Gasteiger partial charge in [-0.2, -0.15) is 0 Å². The average Bonchev–Trinajstić information content (AvgIpc) is 2.31. The van der Waals surface area contributed by atoms with E-state index in [1.165, 1.54) is 13.0 Å². The summed E-state index contributed by atoms with van der Waals surface area (Å²) in [6.07, 6.45) is 0.792. The molecule has 0 aliphatic rings. The first kappa shape index (κ1) is 17.7. The van der Waals surface area contributed by atoms with Crippen molar-refractivity contribution in [2.24, 2.45) is 5.92 Å². The minimum atomic E-state index is -3.47. The third-order valence-corrected chi connectivity index (χ3v) is 4.40. The molecule has 0 aliphatic heterocycles. The summed E-state index contributed by atoms with van der Waals surface area (Å²) in [5.41, 5.74) is 0. The van der Waals surface area contributed by atoms with E-state index >= 15 is 0 Å². The van der Waals surface area contributed by atoms with Crippen LogP contribution in [0.25, 0.3) is 0 Å². The number of amides is 1. The van der Waals surface area contributed by atoms with Crippen LogP contribution in [0.5, 0.6) is 0 Å². The summed E-state index contributed by atoms with van der Waals surface area (Å²) < 4.78 is 16.3. The summed E-state index contributed by atoms with van der Waals surface area (Å²) in [6, 6.07) is 0. The number of ether oxygens (including phenoxy) is 1. The molecular formula is C11H20NO6P. The van der Waals surface area contributed by atoms with Crippen LogP contribution < -0.4 is 5.32 Å². The van der Waals surface area contributed by atoms with Crippen LogP contribution in [-0.4, -0.2) is 47.5 Å². The van der Waals surface area contributed by atoms with E-state index in [9.17, 15) is 19.0 Å². The number of nitrogens with one attached hydrogen (secondary N) is 1. The number of aliphatic carboxylic acids is 1. The summed E-state index contributed by atoms with van der Waals surface area (Å²) in [5.74, 6) is -1.96. The molecule has 8 heteroatoms. The lowest BCUT2D eigenvalue weighted by Crippen LogP contribution is -2.26. The lowest BCUT2D eigenvalue weighted by Gasteiger charge is -2.14. The maximum absolute atomic E-state index is 11.7. The van der Waals surface area contributed by atoms with Gasteiger partial charge >= 0.3 is 12.1 Å². The quantitative estimate of drug-likeness (QED) is 0.335. The highest BCUT2D eigenvalue weighted by Gasteiger charge is 2.25. The highest BCUT2D eigenvalue weighted by atomic mass is 31.2. The first-order valence-corrected chi connectivity index (χ1v) is 7.86. The van der Waals surface area contributed by atoms with Gasteiger partial charge in [0.2, 0.25) is 7.37 Å². The maximum atomic E-state index is 11.7. The minimum Gasteiger partial charge on any atom is -0.481 e. The van der Waals surface area contributed by atoms with Crippen molar-refractivity contribution in [3.63, 3.8) is 0 Å². The minimum absolute atomic E-state index is 0.0354. The van der Waals surface area contributed by atoms with Crippen molar-refractivity contribution in [2.75, 3.05) is 25.5 Å². The highest BCUT2D eigenvalue weighted by molar-refractivity contribution is 7.58. The number of rotatable bonds is 9. The van der Waals surface area contributed by atoms with E-state index in [4.69, 9.17) is 5.11 Å². The Kier molecular flexibility index (Phi) is 8.11. The topological polar surface area (TPSA) is 113 Å². The lowest BCUT2D eigenvalue weighted by molar-refractivity contribution is -0.140. The van der Waals surface area contributed by atoms with Crippen LogP contribution in [0.3, 0.4) is 0 Å². The van der Waals surface area contributed by atoms with Crippen LogP contribution in [-0.2, 0) is 14.1 Å². The smallest absolute Gasteiger partial charge is 0.407 e. The molecule has 0 saturated heterocycles. The van der Waals surface area contributed by atoms with Crippen molar-refractivity contribution in [1.82, 2.24) is 5.32 Å². The summed E-state index contributed by atoms with van der Waals surface area (Å²) in [4.78, 5) is 31.2. The Morgan fingerprint density at radius 1 is 1.53 bits per heavy atom. The van der Waals surface area contributed by atoms with Gasteiger partial charge in [-0.1, -0.05) is 19.6 Å². The van der Waals surface area contributed by atoms with Crippen LogP contribution >= 0.6 is 7.37 Å². The Bertz CT molecular complexity index is 370. The van der Waals surface area contributed by atoms with E-state index in [-0.39, 0.29) is 31.9 Å². The van der Waals surface area contributed by atoms with E-state index in [1.807, 2.05) is 0 Å². The molecule has 7 nitrogen and oxygen atoms in total. The van der Waals surface area contributed by atoms with Crippen LogP contribution in [0.1, 0.15) is 13.3 Å². The molecule has 0 aromatic carbocycles. The van der Waals surface area contributed by atoms with Gasteiger partial charge in [-0.3, -0.25) is 9.36 Å². The first-order chi connectivity index (χ1) is 8.78. The Labute approximate surface area is 112 Å². The zero-order valence-electron chi connectivity index (χ0n) is 10.9. The fourth-order valence-corrected chi connectivity index (χ4v) is 3.15. The molecular weight excluding hydrogens is 273 g/mol. The Hall–Kier alpha value is -1.33. The number of alkyl carbamates (subject to hydrolysis) is 1. The molecule has 19 heavy (non-hydrogen) atoms. The van der Waals surface area contributed by atoms with Crippen molar-refractivity contribution < 1.29 is 28.9 Å². The van der Waals surface area contributed by atoms with Crippen molar-refractivity contribution in [3.8, 4) is 0 Å². The van der Waals surface area contributed by atoms with Gasteiger partial charge in [0, 0.05) is 18.9 Å². The van der Waals surface area contributed by atoms with E-state index in [0.717, 1.165) is 0 Å². The molecule has 0 rings (SSSR count). The molecule has 0 radical (unpaired) electrons. The molecule has 2 atom stereocenters. The van der Waals surface area contributed by atoms with E-state index in [2.05, 4.69) is 16.6 Å². The molecule has 0 bridgehead atoms. The molecule has 0 spiro atoms. The summed E-state index contributed by atoms with van der Waals surface area (Å²) in [6.45, 7) is 5.06. The molecule has 0 aromatic rings. The second-order valence-electron chi connectivity index (χ2n) is 4.16. The molecule has 2 unspecified atom stereocenters. The molecule has 3 N–H and O–H groups in total. The summed E-state index contributed by atoms with van der Waals surface area (Å²) in [5, 5.41) is 11.1. The van der Waals surface area contributed by atoms with Gasteiger partial charge in [0.25, 0.3) is 0 Å². The van der Waals surface area contributed by atoms with Gasteiger partial charge in [-0.25, -0.2) is 4.79 Å². The van der Waals surface area contributed by atoms with E-state index in [1.54, 1.807) is 0 Å². The maximum Gasteiger partial charge on any atom is 0.407 e. The van der Waals surface area contributed by atoms with Crippen molar-refractivity contribution in [2.45, 2.75) is 13.3 Å². The fourth-order valence-electron chi connectivity index (χ4n) is 1.30. The Balaban J connectivity index is 3.86. The van der Waals surface area contributed by atoms with Crippen LogP contribution in [0, 0.1) is 5.92 Å². The zero-order chi connectivity index (χ0) is 14.9. The largest absolute Gasteiger partial charge is 0.481 e. The van der Waals surface area contributed by atoms with Crippen LogP contribution in [0.4, 0.5) is 4.79 Å². The molecule has 0 aromatic heterocycles. The second kappa shape index (κ2) is 8.72. The standard InChI is InChI=1S/C11H20NO6P/c1-3-6-18-11(15)12-5-4-7-19(16,17)8-9(2)10(13)14/h3,9H,1,4-8H2,2H3,(H,12,15)(H,13,14)(H,16,17). The highest BCUT2D eigenvalue weighted by Crippen LogP contribution is 2.42. The third kappa shape index (κ3) is 9.27. The van der Waals surface area contributed by atoms with Gasteiger partial charge in [0.1, 0.15) is 6.61 Å². The normalized spacial score (nSPS) is 15.1. The number of hydrogen-bond donors (Lipinski definition) is 3. The molecule has 110 valence electrons. The first-order valence-electron chi connectivity index (χ1n) is 5.83. The zero-order valence-corrected chi connectivity index (χ0v) is 11.8. The number of carboxylic acid groups (broad SMARTS) is 1. The predicted octanol–water partition coefficient (Wildman–Crippen LogP) is 1.28. The van der Waals surface area contributed by atoms with Crippen molar-refractivity contribution in [3.05, 3.63) is 12.7 Å². The van der Waals surface area contributed by atoms with Gasteiger partial charge in [0.05, 0.1) is 5.92 Å². The number of carbonyl (C=O) groups excluding carboxylic acids is 1. The molecule has 0 heterocycles. The van der Waals surface area contributed by atoms with Crippen LogP contribution in [0.2, 0.25) is 0 Å². The molecule has 0 fully saturated rings. The second-order valence-corrected chi connectivity index (χ2v) is 6.66. The monoisotopic (exact) mass is 293 g/mol. The summed E-state index contributed by atoms with van der Waals surface area (Å²) >= 11 is 0. The average molecular weight is 293 g/mol. The Morgan fingerprint density at radius 3 is 2.68 bits per heavy atom. The number of hydrogen-bond acceptors (Lipinski definition) is 4. The molecule has 0 saturated carbocycles. The number of carbonyl (C=O) groups is 2.